The Hall–Kier alpha value is -1.61. The maximum atomic E-state index is 4.58. The second-order valence-electron chi connectivity index (χ2n) is 5.24. The third-order valence-corrected chi connectivity index (χ3v) is 3.22. The van der Waals surface area contributed by atoms with Gasteiger partial charge in [-0.2, -0.15) is 5.10 Å². The predicted molar refractivity (Wildman–Crippen MR) is 80.1 cm³/mol. The zero-order valence-electron chi connectivity index (χ0n) is 12.3. The van der Waals surface area contributed by atoms with Crippen molar-refractivity contribution in [3.05, 3.63) is 41.7 Å². The van der Waals surface area contributed by atoms with Crippen LogP contribution >= 0.6 is 0 Å². The molecule has 3 heteroatoms. The molecule has 0 amide bonds. The average molecular weight is 257 g/mol. The van der Waals surface area contributed by atoms with Crippen LogP contribution in [0.15, 0.2) is 30.5 Å². The summed E-state index contributed by atoms with van der Waals surface area (Å²) in [6, 6.07) is 8.71. The van der Waals surface area contributed by atoms with Crippen LogP contribution in [-0.2, 0) is 13.6 Å². The molecule has 0 radical (unpaired) electrons. The van der Waals surface area contributed by atoms with E-state index < -0.39 is 0 Å². The second kappa shape index (κ2) is 6.02. The van der Waals surface area contributed by atoms with Gasteiger partial charge in [0.05, 0.1) is 5.69 Å². The minimum Gasteiger partial charge on any atom is -0.313 e. The molecule has 0 bridgehead atoms. The Balaban J connectivity index is 2.36. The second-order valence-corrected chi connectivity index (χ2v) is 5.24. The fourth-order valence-corrected chi connectivity index (χ4v) is 2.27. The largest absolute Gasteiger partial charge is 0.313 e. The molecule has 0 spiro atoms. The van der Waals surface area contributed by atoms with Gasteiger partial charge in [-0.3, -0.25) is 4.68 Å². The van der Waals surface area contributed by atoms with Crippen LogP contribution in [0.2, 0.25) is 0 Å². The molecule has 0 fully saturated rings. The predicted octanol–water partition coefficient (Wildman–Crippen LogP) is 3.32. The number of rotatable bonds is 5. The van der Waals surface area contributed by atoms with Crippen molar-refractivity contribution >= 4 is 0 Å². The van der Waals surface area contributed by atoms with Gasteiger partial charge in [0, 0.05) is 25.4 Å². The van der Waals surface area contributed by atoms with Crippen molar-refractivity contribution in [2.75, 3.05) is 6.54 Å². The molecular formula is C16H23N3. The van der Waals surface area contributed by atoms with E-state index in [4.69, 9.17) is 0 Å². The minimum absolute atomic E-state index is 0.439. The summed E-state index contributed by atoms with van der Waals surface area (Å²) >= 11 is 0. The molecule has 1 aromatic heterocycles. The number of aromatic nitrogens is 2. The highest BCUT2D eigenvalue weighted by Crippen LogP contribution is 2.28. The monoisotopic (exact) mass is 257 g/mol. The molecule has 1 heterocycles. The van der Waals surface area contributed by atoms with Crippen molar-refractivity contribution in [2.24, 2.45) is 7.05 Å². The van der Waals surface area contributed by atoms with Crippen LogP contribution in [0.3, 0.4) is 0 Å². The van der Waals surface area contributed by atoms with Crippen LogP contribution in [0.1, 0.15) is 37.9 Å². The Morgan fingerprint density at radius 2 is 2.11 bits per heavy atom. The first kappa shape index (κ1) is 13.8. The number of nitrogens with one attached hydrogen (secondary N) is 1. The van der Waals surface area contributed by atoms with Gasteiger partial charge in [0.1, 0.15) is 0 Å². The van der Waals surface area contributed by atoms with Crippen LogP contribution in [-0.4, -0.2) is 16.3 Å². The summed E-state index contributed by atoms with van der Waals surface area (Å²) < 4.78 is 1.90. The summed E-state index contributed by atoms with van der Waals surface area (Å²) in [4.78, 5) is 0. The summed E-state index contributed by atoms with van der Waals surface area (Å²) in [6.45, 7) is 8.42. The lowest BCUT2D eigenvalue weighted by Gasteiger charge is -2.08. The van der Waals surface area contributed by atoms with Crippen molar-refractivity contribution in [3.63, 3.8) is 0 Å². The maximum Gasteiger partial charge on any atom is 0.0728 e. The van der Waals surface area contributed by atoms with Gasteiger partial charge in [0.2, 0.25) is 0 Å². The van der Waals surface area contributed by atoms with E-state index in [0.29, 0.717) is 5.92 Å². The SMILES string of the molecule is CCNCc1cccc(-c2cn(C)nc2C(C)C)c1. The summed E-state index contributed by atoms with van der Waals surface area (Å²) in [5.74, 6) is 0.439. The van der Waals surface area contributed by atoms with Crippen LogP contribution in [0.4, 0.5) is 0 Å². The van der Waals surface area contributed by atoms with Gasteiger partial charge in [0.15, 0.2) is 0 Å². The van der Waals surface area contributed by atoms with Gasteiger partial charge in [-0.05, 0) is 29.7 Å². The smallest absolute Gasteiger partial charge is 0.0728 e. The standard InChI is InChI=1S/C16H23N3/c1-5-17-10-13-7-6-8-14(9-13)15-11-19(4)18-16(15)12(2)3/h6-9,11-12,17H,5,10H2,1-4H3. The molecule has 0 atom stereocenters. The highest BCUT2D eigenvalue weighted by atomic mass is 15.3. The van der Waals surface area contributed by atoms with E-state index in [1.54, 1.807) is 0 Å². The minimum atomic E-state index is 0.439. The Morgan fingerprint density at radius 3 is 2.79 bits per heavy atom. The highest BCUT2D eigenvalue weighted by molar-refractivity contribution is 5.66. The molecular weight excluding hydrogens is 234 g/mol. The molecule has 0 saturated carbocycles. The first-order valence-electron chi connectivity index (χ1n) is 6.95. The van der Waals surface area contributed by atoms with E-state index in [1.807, 2.05) is 11.7 Å². The summed E-state index contributed by atoms with van der Waals surface area (Å²) in [5.41, 5.74) is 4.99. The molecule has 0 aliphatic heterocycles. The fraction of sp³-hybridized carbons (Fsp3) is 0.438. The van der Waals surface area contributed by atoms with Gasteiger partial charge < -0.3 is 5.32 Å². The number of hydrogen-bond acceptors (Lipinski definition) is 2. The van der Waals surface area contributed by atoms with Crippen LogP contribution in [0, 0.1) is 0 Å². The van der Waals surface area contributed by atoms with E-state index in [0.717, 1.165) is 13.1 Å². The van der Waals surface area contributed by atoms with E-state index in [9.17, 15) is 0 Å². The Bertz CT molecular complexity index is 541. The Kier molecular flexibility index (Phi) is 4.38. The normalized spacial score (nSPS) is 11.2. The van der Waals surface area contributed by atoms with Crippen molar-refractivity contribution in [2.45, 2.75) is 33.2 Å². The number of hydrogen-bond donors (Lipinski definition) is 1. The van der Waals surface area contributed by atoms with Crippen LogP contribution in [0.5, 0.6) is 0 Å². The average Bonchev–Trinajstić information content (AvgIpc) is 2.79. The third kappa shape index (κ3) is 3.24. The van der Waals surface area contributed by atoms with Crippen LogP contribution < -0.4 is 5.32 Å². The van der Waals surface area contributed by atoms with Crippen molar-refractivity contribution < 1.29 is 0 Å². The molecule has 0 aliphatic carbocycles. The molecule has 3 nitrogen and oxygen atoms in total. The molecule has 19 heavy (non-hydrogen) atoms. The van der Waals surface area contributed by atoms with Gasteiger partial charge in [-0.1, -0.05) is 39.0 Å². The van der Waals surface area contributed by atoms with E-state index in [-0.39, 0.29) is 0 Å². The number of nitrogens with zero attached hydrogens (tertiary/aromatic N) is 2. The summed E-state index contributed by atoms with van der Waals surface area (Å²) in [5, 5.41) is 7.94. The maximum absolute atomic E-state index is 4.58. The summed E-state index contributed by atoms with van der Waals surface area (Å²) in [7, 11) is 1.98. The Morgan fingerprint density at radius 1 is 1.32 bits per heavy atom. The van der Waals surface area contributed by atoms with E-state index >= 15 is 0 Å². The lowest BCUT2D eigenvalue weighted by atomic mass is 9.99. The molecule has 2 rings (SSSR count). The molecule has 0 unspecified atom stereocenters. The molecule has 102 valence electrons. The van der Waals surface area contributed by atoms with Crippen LogP contribution in [0.25, 0.3) is 11.1 Å². The first-order valence-corrected chi connectivity index (χ1v) is 6.95. The lowest BCUT2D eigenvalue weighted by Crippen LogP contribution is -2.11. The Labute approximate surface area is 115 Å². The first-order chi connectivity index (χ1) is 9.11. The van der Waals surface area contributed by atoms with Gasteiger partial charge in [-0.25, -0.2) is 0 Å². The van der Waals surface area contributed by atoms with Crippen molar-refractivity contribution in [3.8, 4) is 11.1 Å². The summed E-state index contributed by atoms with van der Waals surface area (Å²) in [6.07, 6.45) is 2.11. The zero-order valence-corrected chi connectivity index (χ0v) is 12.3. The third-order valence-electron chi connectivity index (χ3n) is 3.22. The fourth-order valence-electron chi connectivity index (χ4n) is 2.27. The number of aryl methyl sites for hydroxylation is 1. The molecule has 1 aromatic carbocycles. The zero-order chi connectivity index (χ0) is 13.8. The van der Waals surface area contributed by atoms with E-state index in [1.165, 1.54) is 22.4 Å². The lowest BCUT2D eigenvalue weighted by molar-refractivity contribution is 0.713. The van der Waals surface area contributed by atoms with Gasteiger partial charge in [-0.15, -0.1) is 0 Å². The molecule has 0 saturated heterocycles. The molecule has 1 N–H and O–H groups in total. The quantitative estimate of drug-likeness (QED) is 0.890. The topological polar surface area (TPSA) is 29.9 Å². The molecule has 2 aromatic rings. The highest BCUT2D eigenvalue weighted by Gasteiger charge is 2.13. The van der Waals surface area contributed by atoms with Gasteiger partial charge >= 0.3 is 0 Å². The van der Waals surface area contributed by atoms with E-state index in [2.05, 4.69) is 61.6 Å². The van der Waals surface area contributed by atoms with Crippen molar-refractivity contribution in [1.82, 2.24) is 15.1 Å². The van der Waals surface area contributed by atoms with Gasteiger partial charge in [0.25, 0.3) is 0 Å². The number of benzene rings is 1. The molecule has 0 aliphatic rings. The van der Waals surface area contributed by atoms with Crippen molar-refractivity contribution in [1.29, 1.82) is 0 Å².